The zero-order chi connectivity index (χ0) is 46.9. The zero-order valence-electron chi connectivity index (χ0n) is 40.1. The van der Waals surface area contributed by atoms with Gasteiger partial charge in [-0.05, 0) is 101 Å². The van der Waals surface area contributed by atoms with Crippen molar-refractivity contribution in [3.05, 3.63) is 47.6 Å². The number of aliphatic hydroxyl groups is 1. The van der Waals surface area contributed by atoms with E-state index in [9.17, 15) is 34.2 Å². The second kappa shape index (κ2) is 26.6. The molecular formula is C51H81NO11. The van der Waals surface area contributed by atoms with Crippen LogP contribution in [0.3, 0.4) is 0 Å². The van der Waals surface area contributed by atoms with Crippen molar-refractivity contribution >= 4 is 29.2 Å². The highest BCUT2D eigenvalue weighted by Gasteiger charge is 2.52. The molecule has 1 aliphatic carbocycles. The summed E-state index contributed by atoms with van der Waals surface area (Å²) in [5.74, 6) is -5.15. The van der Waals surface area contributed by atoms with Crippen LogP contribution in [-0.2, 0) is 42.9 Å². The largest absolute Gasteiger partial charge is 0.480 e. The molecule has 2 heterocycles. The fourth-order valence-corrected chi connectivity index (χ4v) is 9.78. The average molecular weight is 884 g/mol. The number of aliphatic carboxylic acids is 1. The topological polar surface area (TPSA) is 166 Å². The molecule has 0 radical (unpaired) electrons. The maximum Gasteiger partial charge on any atom is 0.326 e. The number of piperidine rings is 1. The molecule has 12 nitrogen and oxygen atoms in total. The smallest absolute Gasteiger partial charge is 0.326 e. The summed E-state index contributed by atoms with van der Waals surface area (Å²) in [6.45, 7) is 13.9. The first-order valence-electron chi connectivity index (χ1n) is 23.7. The van der Waals surface area contributed by atoms with E-state index in [2.05, 4.69) is 19.9 Å². The Morgan fingerprint density at radius 3 is 2.25 bits per heavy atom. The summed E-state index contributed by atoms with van der Waals surface area (Å²) in [4.78, 5) is 66.1. The molecule has 2 N–H and O–H groups in total. The number of allylic oxidation sites excluding steroid dienone is 6. The van der Waals surface area contributed by atoms with Gasteiger partial charge in [-0.25, -0.2) is 4.79 Å². The van der Waals surface area contributed by atoms with Crippen molar-refractivity contribution in [1.82, 2.24) is 4.90 Å². The molecule has 0 aromatic carbocycles. The van der Waals surface area contributed by atoms with Gasteiger partial charge in [0.25, 0.3) is 11.7 Å². The van der Waals surface area contributed by atoms with Gasteiger partial charge in [0.1, 0.15) is 17.9 Å². The van der Waals surface area contributed by atoms with Crippen molar-refractivity contribution in [2.24, 2.45) is 35.5 Å². The molecule has 12 heteroatoms. The molecule has 63 heavy (non-hydrogen) atoms. The van der Waals surface area contributed by atoms with Crippen molar-refractivity contribution < 1.29 is 53.1 Å². The summed E-state index contributed by atoms with van der Waals surface area (Å²) >= 11 is 0. The number of hydrogen-bond donors (Lipinski definition) is 2. The van der Waals surface area contributed by atoms with E-state index in [1.54, 1.807) is 28.3 Å². The van der Waals surface area contributed by atoms with Crippen LogP contribution in [-0.4, -0.2) is 108 Å². The maximum atomic E-state index is 13.5. The molecule has 1 amide bonds. The first kappa shape index (κ1) is 54.0. The number of rotatable bonds is 25. The average Bonchev–Trinajstić information content (AvgIpc) is 3.26. The predicted octanol–water partition coefficient (Wildman–Crippen LogP) is 8.79. The molecule has 1 unspecified atom stereocenters. The normalized spacial score (nSPS) is 28.0. The van der Waals surface area contributed by atoms with Crippen molar-refractivity contribution in [1.29, 1.82) is 0 Å². The third kappa shape index (κ3) is 16.6. The molecule has 0 aromatic rings. The summed E-state index contributed by atoms with van der Waals surface area (Å²) in [5.41, 5.74) is 1.88. The van der Waals surface area contributed by atoms with E-state index in [0.717, 1.165) is 41.7 Å². The van der Waals surface area contributed by atoms with E-state index >= 15 is 0 Å². The molecule has 3 aliphatic rings. The van der Waals surface area contributed by atoms with Gasteiger partial charge in [0.05, 0.1) is 18.3 Å². The lowest BCUT2D eigenvalue weighted by molar-refractivity contribution is -0.265. The highest BCUT2D eigenvalue weighted by Crippen LogP contribution is 2.37. The lowest BCUT2D eigenvalue weighted by Crippen LogP contribution is -2.60. The fraction of sp³-hybridized carbons (Fsp3) is 0.745. The first-order valence-corrected chi connectivity index (χ1v) is 23.7. The zero-order valence-corrected chi connectivity index (χ0v) is 40.1. The van der Waals surface area contributed by atoms with Gasteiger partial charge in [-0.2, -0.15) is 0 Å². The molecule has 0 aromatic heterocycles. The molecule has 12 atom stereocenters. The van der Waals surface area contributed by atoms with E-state index in [-0.39, 0.29) is 48.4 Å². The monoisotopic (exact) mass is 884 g/mol. The van der Waals surface area contributed by atoms with E-state index < -0.39 is 47.6 Å². The third-order valence-corrected chi connectivity index (χ3v) is 13.8. The second-order valence-corrected chi connectivity index (χ2v) is 19.2. The molecule has 2 aliphatic heterocycles. The quantitative estimate of drug-likeness (QED) is 0.0511. The SMILES string of the molecule is CO[C@H]1CCCC(C[C@@H](C)CCC(=O)[C@H](C)/C=C(\C)C[C@@H](OC)C(=O)[C@H](C)C[C@H](C)/C=C/C=C/C=C(\C)[C@H](C[C@@H]2CC[C@@H](C)[C@](O)(C(=O)C(=O)N3CCCC[C@H]3C(=O)O)O2)OC)C1. The van der Waals surface area contributed by atoms with Gasteiger partial charge in [-0.3, -0.25) is 19.2 Å². The Labute approximate surface area is 378 Å². The number of nitrogens with zero attached hydrogens (tertiary/aromatic N) is 1. The minimum absolute atomic E-state index is 0.0519. The number of hydrogen-bond acceptors (Lipinski definition) is 10. The molecule has 1 saturated carbocycles. The molecule has 356 valence electrons. The lowest BCUT2D eigenvalue weighted by atomic mass is 9.80. The van der Waals surface area contributed by atoms with E-state index in [0.29, 0.717) is 69.3 Å². The number of carboxylic acids is 1. The van der Waals surface area contributed by atoms with Crippen LogP contribution >= 0.6 is 0 Å². The first-order chi connectivity index (χ1) is 29.8. The van der Waals surface area contributed by atoms with Gasteiger partial charge < -0.3 is 34.1 Å². The van der Waals surface area contributed by atoms with Crippen molar-refractivity contribution in [3.63, 3.8) is 0 Å². The Hall–Kier alpha value is -3.29. The van der Waals surface area contributed by atoms with Gasteiger partial charge in [-0.15, -0.1) is 0 Å². The number of Topliss-reactive ketones (excluding diaryl/α,β-unsaturated/α-hetero) is 3. The molecule has 3 fully saturated rings. The van der Waals surface area contributed by atoms with Crippen LogP contribution in [0.25, 0.3) is 0 Å². The van der Waals surface area contributed by atoms with Crippen LogP contribution in [0.4, 0.5) is 0 Å². The molecule has 3 rings (SSSR count). The van der Waals surface area contributed by atoms with Crippen LogP contribution in [0.1, 0.15) is 145 Å². The van der Waals surface area contributed by atoms with Gasteiger partial charge in [0.15, 0.2) is 5.78 Å². The van der Waals surface area contributed by atoms with Gasteiger partial charge in [0, 0.05) is 64.9 Å². The van der Waals surface area contributed by atoms with E-state index in [1.807, 2.05) is 58.1 Å². The van der Waals surface area contributed by atoms with Crippen LogP contribution in [0.15, 0.2) is 47.6 Å². The molecule has 2 saturated heterocycles. The fourth-order valence-electron chi connectivity index (χ4n) is 9.78. The second-order valence-electron chi connectivity index (χ2n) is 19.2. The Balaban J connectivity index is 1.46. The van der Waals surface area contributed by atoms with Crippen LogP contribution < -0.4 is 0 Å². The van der Waals surface area contributed by atoms with Crippen molar-refractivity contribution in [2.45, 2.75) is 181 Å². The van der Waals surface area contributed by atoms with Crippen molar-refractivity contribution in [3.8, 4) is 0 Å². The minimum atomic E-state index is -2.36. The van der Waals surface area contributed by atoms with Gasteiger partial charge in [0.2, 0.25) is 5.79 Å². The number of amides is 1. The van der Waals surface area contributed by atoms with Crippen molar-refractivity contribution in [2.75, 3.05) is 27.9 Å². The molecule has 0 bridgehead atoms. The maximum absolute atomic E-state index is 13.5. The molecular weight excluding hydrogens is 803 g/mol. The number of methoxy groups -OCH3 is 3. The minimum Gasteiger partial charge on any atom is -0.480 e. The number of carboxylic acid groups (broad SMARTS) is 1. The Morgan fingerprint density at radius 2 is 1.59 bits per heavy atom. The van der Waals surface area contributed by atoms with Crippen LogP contribution in [0, 0.1) is 35.5 Å². The number of ether oxygens (including phenoxy) is 4. The lowest BCUT2D eigenvalue weighted by Gasteiger charge is -2.42. The van der Waals surface area contributed by atoms with Gasteiger partial charge >= 0.3 is 5.97 Å². The van der Waals surface area contributed by atoms with E-state index in [1.165, 1.54) is 12.8 Å². The van der Waals surface area contributed by atoms with E-state index in [4.69, 9.17) is 18.9 Å². The Kier molecular flexibility index (Phi) is 22.8. The summed E-state index contributed by atoms with van der Waals surface area (Å²) < 4.78 is 23.0. The number of carbonyl (C=O) groups is 5. The number of ketones is 3. The summed E-state index contributed by atoms with van der Waals surface area (Å²) in [5, 5.41) is 21.1. The summed E-state index contributed by atoms with van der Waals surface area (Å²) in [6.07, 6.45) is 21.9. The number of likely N-dealkylation sites (tertiary alicyclic amines) is 1. The highest BCUT2D eigenvalue weighted by atomic mass is 16.6. The molecule has 0 spiro atoms. The van der Waals surface area contributed by atoms with Crippen LogP contribution in [0.2, 0.25) is 0 Å². The Morgan fingerprint density at radius 1 is 0.873 bits per heavy atom. The third-order valence-electron chi connectivity index (χ3n) is 13.8. The predicted molar refractivity (Wildman–Crippen MR) is 245 cm³/mol. The highest BCUT2D eigenvalue weighted by molar-refractivity contribution is 6.39. The standard InChI is InChI=1S/C51H81NO11/c1-33(27-38(6)47(54)46(62-10)30-35(3)28-37(5)44(53)25-22-34(2)29-40-19-16-20-41(31-40)60-8)17-12-11-13-18-36(4)45(61-9)32-42-24-23-39(7)51(59,63-42)48(55)49(56)52-26-15-14-21-43(52)50(57)58/h11-13,17-18,28,33-34,37-43,45-46,59H,14-16,19-27,29-32H2,1-10H3,(H,57,58)/b13-11+,17-12+,35-28+,36-18+/t33-,34+,37-,38-,39-,40?,41+,42+,43+,45+,46-,51-/m1/s1. The Bertz CT molecular complexity index is 1630. The van der Waals surface area contributed by atoms with Gasteiger partial charge in [-0.1, -0.05) is 89.5 Å². The summed E-state index contributed by atoms with van der Waals surface area (Å²) in [6, 6.07) is -1.10. The number of carbonyl (C=O) groups excluding carboxylic acids is 4. The summed E-state index contributed by atoms with van der Waals surface area (Å²) in [7, 11) is 4.96. The van der Waals surface area contributed by atoms with Crippen LogP contribution in [0.5, 0.6) is 0 Å².